The Labute approximate surface area is 269 Å². The molecule has 0 aliphatic carbocycles. The van der Waals surface area contributed by atoms with Crippen LogP contribution in [0.2, 0.25) is 0 Å². The summed E-state index contributed by atoms with van der Waals surface area (Å²) in [5.41, 5.74) is 2.55. The Morgan fingerprint density at radius 2 is 0.860 bits per heavy atom. The van der Waals surface area contributed by atoms with Crippen molar-refractivity contribution in [3.05, 3.63) is 28.8 Å². The number of rotatable bonds is 24. The number of phenolic OH excluding ortho intramolecular Hbond substituents is 1. The fourth-order valence-corrected chi connectivity index (χ4v) is 6.17. The van der Waals surface area contributed by atoms with E-state index in [0.29, 0.717) is 12.2 Å². The molecule has 3 nitrogen and oxygen atoms in total. The van der Waals surface area contributed by atoms with Crippen molar-refractivity contribution in [3.8, 4) is 5.75 Å². The summed E-state index contributed by atoms with van der Waals surface area (Å²) in [7, 11) is 0. The fourth-order valence-electron chi connectivity index (χ4n) is 6.17. The molecule has 1 amide bonds. The average molecular weight is 600 g/mol. The van der Waals surface area contributed by atoms with Gasteiger partial charge in [0.25, 0.3) is 0 Å². The lowest BCUT2D eigenvalue weighted by Gasteiger charge is -2.29. The first-order chi connectivity index (χ1) is 20.4. The van der Waals surface area contributed by atoms with Crippen molar-refractivity contribution in [3.63, 3.8) is 0 Å². The maximum atomic E-state index is 13.8. The SMILES string of the molecule is CCCCCCCCCCCCN(CCCCCCCCCCCC)C(=O)Cc1cc(C(C)(C)C)c(O)c(C(C)(C)C)c1. The molecule has 0 spiro atoms. The molecule has 0 aliphatic heterocycles. The van der Waals surface area contributed by atoms with E-state index >= 15 is 0 Å². The van der Waals surface area contributed by atoms with Gasteiger partial charge >= 0.3 is 0 Å². The monoisotopic (exact) mass is 600 g/mol. The highest BCUT2D eigenvalue weighted by Gasteiger charge is 2.27. The predicted octanol–water partition coefficient (Wildman–Crippen LogP) is 12.2. The zero-order valence-corrected chi connectivity index (χ0v) is 30.2. The van der Waals surface area contributed by atoms with E-state index in [-0.39, 0.29) is 16.7 Å². The molecule has 250 valence electrons. The molecular formula is C40H73NO2. The molecule has 0 fully saturated rings. The number of benzene rings is 1. The second kappa shape index (κ2) is 22.1. The molecule has 1 aromatic carbocycles. The van der Waals surface area contributed by atoms with E-state index in [9.17, 15) is 9.90 Å². The molecule has 0 saturated carbocycles. The van der Waals surface area contributed by atoms with Gasteiger partial charge in [-0.2, -0.15) is 0 Å². The van der Waals surface area contributed by atoms with Crippen LogP contribution in [-0.4, -0.2) is 29.0 Å². The van der Waals surface area contributed by atoms with Crippen LogP contribution in [0.25, 0.3) is 0 Å². The van der Waals surface area contributed by atoms with Gasteiger partial charge < -0.3 is 10.0 Å². The Hall–Kier alpha value is -1.51. The van der Waals surface area contributed by atoms with Crippen LogP contribution < -0.4 is 0 Å². The Morgan fingerprint density at radius 1 is 0.558 bits per heavy atom. The third-order valence-electron chi connectivity index (χ3n) is 9.06. The number of carbonyl (C=O) groups excluding carboxylic acids is 1. The summed E-state index contributed by atoms with van der Waals surface area (Å²) in [6.45, 7) is 19.2. The third kappa shape index (κ3) is 17.5. The lowest BCUT2D eigenvalue weighted by Crippen LogP contribution is -2.34. The highest BCUT2D eigenvalue weighted by atomic mass is 16.3. The molecule has 1 N–H and O–H groups in total. The van der Waals surface area contributed by atoms with Gasteiger partial charge in [-0.15, -0.1) is 0 Å². The molecule has 43 heavy (non-hydrogen) atoms. The smallest absolute Gasteiger partial charge is 0.226 e. The van der Waals surface area contributed by atoms with Crippen LogP contribution in [0.1, 0.15) is 200 Å². The molecule has 1 aromatic rings. The van der Waals surface area contributed by atoms with Crippen LogP contribution >= 0.6 is 0 Å². The minimum atomic E-state index is -0.186. The number of phenols is 1. The summed E-state index contributed by atoms with van der Waals surface area (Å²) in [5, 5.41) is 11.1. The van der Waals surface area contributed by atoms with E-state index in [4.69, 9.17) is 0 Å². The summed E-state index contributed by atoms with van der Waals surface area (Å²) < 4.78 is 0. The standard InChI is InChI=1S/C40H73NO2/c1-9-11-13-15-17-19-21-23-25-27-29-41(30-28-26-24-22-20-18-16-14-12-10-2)37(42)33-34-31-35(39(3,4)5)38(43)36(32-34)40(6,7)8/h31-32,43H,9-30,33H2,1-8H3. The van der Waals surface area contributed by atoms with Gasteiger partial charge in [0, 0.05) is 13.1 Å². The molecule has 1 rings (SSSR count). The molecule has 0 unspecified atom stereocenters. The van der Waals surface area contributed by atoms with Gasteiger partial charge in [-0.25, -0.2) is 0 Å². The topological polar surface area (TPSA) is 40.5 Å². The molecule has 0 aliphatic rings. The second-order valence-electron chi connectivity index (χ2n) is 15.5. The third-order valence-corrected chi connectivity index (χ3v) is 9.06. The largest absolute Gasteiger partial charge is 0.507 e. The Balaban J connectivity index is 2.74. The molecule has 3 heteroatoms. The summed E-state index contributed by atoms with van der Waals surface area (Å²) in [5.74, 6) is 0.640. The van der Waals surface area contributed by atoms with Crippen molar-refractivity contribution in [1.29, 1.82) is 0 Å². The maximum absolute atomic E-state index is 13.8. The Morgan fingerprint density at radius 3 is 1.16 bits per heavy atom. The number of unbranched alkanes of at least 4 members (excludes halogenated alkanes) is 18. The number of hydrogen-bond acceptors (Lipinski definition) is 2. The van der Waals surface area contributed by atoms with Crippen molar-refractivity contribution in [2.75, 3.05) is 13.1 Å². The number of hydrogen-bond donors (Lipinski definition) is 1. The van der Waals surface area contributed by atoms with E-state index in [1.807, 2.05) is 0 Å². The first kappa shape index (κ1) is 39.5. The van der Waals surface area contributed by atoms with E-state index in [2.05, 4.69) is 72.4 Å². The lowest BCUT2D eigenvalue weighted by molar-refractivity contribution is -0.130. The zero-order valence-electron chi connectivity index (χ0n) is 30.2. The maximum Gasteiger partial charge on any atom is 0.226 e. The number of amides is 1. The van der Waals surface area contributed by atoms with Crippen LogP contribution in [-0.2, 0) is 22.0 Å². The first-order valence-electron chi connectivity index (χ1n) is 18.6. The summed E-state index contributed by atoms with van der Waals surface area (Å²) in [6.07, 6.45) is 26.7. The number of nitrogens with zero attached hydrogens (tertiary/aromatic N) is 1. The van der Waals surface area contributed by atoms with E-state index in [0.717, 1.165) is 42.6 Å². The van der Waals surface area contributed by atoms with Gasteiger partial charge in [0.2, 0.25) is 5.91 Å². The quantitative estimate of drug-likeness (QED) is 0.120. The summed E-state index contributed by atoms with van der Waals surface area (Å²) in [6, 6.07) is 4.17. The Bertz CT molecular complexity index is 801. The van der Waals surface area contributed by atoms with Gasteiger partial charge in [0.1, 0.15) is 5.75 Å². The molecule has 0 heterocycles. The fraction of sp³-hybridized carbons (Fsp3) is 0.825. The zero-order chi connectivity index (χ0) is 32.1. The minimum absolute atomic E-state index is 0.186. The normalized spacial score (nSPS) is 12.2. The average Bonchev–Trinajstić information content (AvgIpc) is 2.93. The van der Waals surface area contributed by atoms with Crippen molar-refractivity contribution in [1.82, 2.24) is 4.90 Å². The van der Waals surface area contributed by atoms with E-state index < -0.39 is 0 Å². The van der Waals surface area contributed by atoms with Gasteiger partial charge in [-0.05, 0) is 40.4 Å². The lowest BCUT2D eigenvalue weighted by atomic mass is 9.78. The molecule has 0 radical (unpaired) electrons. The van der Waals surface area contributed by atoms with Crippen LogP contribution in [0.3, 0.4) is 0 Å². The van der Waals surface area contributed by atoms with Gasteiger partial charge in [-0.1, -0.05) is 183 Å². The number of aromatic hydroxyl groups is 1. The van der Waals surface area contributed by atoms with Gasteiger partial charge in [-0.3, -0.25) is 4.79 Å². The van der Waals surface area contributed by atoms with Gasteiger partial charge in [0.15, 0.2) is 0 Å². The first-order valence-corrected chi connectivity index (χ1v) is 18.6. The van der Waals surface area contributed by atoms with E-state index in [1.165, 1.54) is 116 Å². The van der Waals surface area contributed by atoms with E-state index in [1.54, 1.807) is 0 Å². The second-order valence-corrected chi connectivity index (χ2v) is 15.5. The van der Waals surface area contributed by atoms with Crippen LogP contribution in [0.5, 0.6) is 5.75 Å². The minimum Gasteiger partial charge on any atom is -0.507 e. The van der Waals surface area contributed by atoms with Crippen molar-refractivity contribution in [2.24, 2.45) is 0 Å². The molecule has 0 atom stereocenters. The van der Waals surface area contributed by atoms with Crippen LogP contribution in [0.4, 0.5) is 0 Å². The Kier molecular flexibility index (Phi) is 20.3. The van der Waals surface area contributed by atoms with Crippen molar-refractivity contribution >= 4 is 5.91 Å². The molecular weight excluding hydrogens is 526 g/mol. The predicted molar refractivity (Wildman–Crippen MR) is 189 cm³/mol. The number of carbonyl (C=O) groups is 1. The highest BCUT2D eigenvalue weighted by Crippen LogP contribution is 2.40. The summed E-state index contributed by atoms with van der Waals surface area (Å²) in [4.78, 5) is 15.9. The van der Waals surface area contributed by atoms with Crippen LogP contribution in [0, 0.1) is 0 Å². The van der Waals surface area contributed by atoms with Crippen molar-refractivity contribution in [2.45, 2.75) is 201 Å². The van der Waals surface area contributed by atoms with Crippen LogP contribution in [0.15, 0.2) is 12.1 Å². The van der Waals surface area contributed by atoms with Gasteiger partial charge in [0.05, 0.1) is 6.42 Å². The van der Waals surface area contributed by atoms with Crippen molar-refractivity contribution < 1.29 is 9.90 Å². The summed E-state index contributed by atoms with van der Waals surface area (Å²) >= 11 is 0. The highest BCUT2D eigenvalue weighted by molar-refractivity contribution is 5.79. The molecule has 0 aromatic heterocycles. The molecule has 0 bridgehead atoms. The molecule has 0 saturated heterocycles.